The lowest BCUT2D eigenvalue weighted by Crippen LogP contribution is -2.11. The summed E-state index contributed by atoms with van der Waals surface area (Å²) >= 11 is 3.31. The molecule has 3 aromatic rings. The molecule has 0 heterocycles. The standard InChI is InChI=1S/C14H10BrFO.C6H7NO2S/c15-12-6-4-11(5-7-12)14(17)9-10-2-1-3-13(16)8-10;7-10(8,9)6-4-2-1-3-5-6/h1-8H,9H2;1-5H,(H2,7,8,9). The molecule has 0 bridgehead atoms. The summed E-state index contributed by atoms with van der Waals surface area (Å²) in [5.74, 6) is -0.325. The number of rotatable bonds is 4. The highest BCUT2D eigenvalue weighted by Crippen LogP contribution is 2.13. The number of ketones is 1. The van der Waals surface area contributed by atoms with E-state index in [2.05, 4.69) is 15.9 Å². The normalized spacial score (nSPS) is 10.6. The van der Waals surface area contributed by atoms with E-state index in [0.717, 1.165) is 4.47 Å². The minimum Gasteiger partial charge on any atom is -0.294 e. The quantitative estimate of drug-likeness (QED) is 0.601. The van der Waals surface area contributed by atoms with Crippen LogP contribution in [0.5, 0.6) is 0 Å². The molecule has 27 heavy (non-hydrogen) atoms. The molecule has 0 radical (unpaired) electrons. The number of primary sulfonamides is 1. The Morgan fingerprint density at radius 2 is 1.56 bits per heavy atom. The molecule has 0 atom stereocenters. The minimum atomic E-state index is -3.50. The van der Waals surface area contributed by atoms with Crippen LogP contribution >= 0.6 is 15.9 Å². The van der Waals surface area contributed by atoms with Gasteiger partial charge in [-0.05, 0) is 42.0 Å². The largest absolute Gasteiger partial charge is 0.294 e. The summed E-state index contributed by atoms with van der Waals surface area (Å²) in [4.78, 5) is 12.0. The average Bonchev–Trinajstić information content (AvgIpc) is 2.63. The number of halogens is 2. The Balaban J connectivity index is 0.000000223. The Kier molecular flexibility index (Phi) is 7.41. The highest BCUT2D eigenvalue weighted by atomic mass is 79.9. The van der Waals surface area contributed by atoms with E-state index in [1.54, 1.807) is 42.5 Å². The van der Waals surface area contributed by atoms with Crippen molar-refractivity contribution in [1.82, 2.24) is 0 Å². The first-order valence-electron chi connectivity index (χ1n) is 7.87. The fourth-order valence-corrected chi connectivity index (χ4v) is 2.98. The van der Waals surface area contributed by atoms with E-state index < -0.39 is 10.0 Å². The molecule has 0 spiro atoms. The highest BCUT2D eigenvalue weighted by Gasteiger charge is 2.07. The lowest BCUT2D eigenvalue weighted by Gasteiger charge is -2.02. The number of sulfonamides is 1. The van der Waals surface area contributed by atoms with Gasteiger partial charge in [-0.25, -0.2) is 17.9 Å². The van der Waals surface area contributed by atoms with E-state index in [-0.39, 0.29) is 22.9 Å². The second-order valence-corrected chi connectivity index (χ2v) is 8.07. The van der Waals surface area contributed by atoms with Gasteiger partial charge in [-0.1, -0.05) is 58.4 Å². The topological polar surface area (TPSA) is 77.2 Å². The van der Waals surface area contributed by atoms with Gasteiger partial charge in [0.2, 0.25) is 10.0 Å². The summed E-state index contributed by atoms with van der Waals surface area (Å²) in [5, 5.41) is 4.83. The van der Waals surface area contributed by atoms with Crippen LogP contribution in [0.2, 0.25) is 0 Å². The predicted octanol–water partition coefficient (Wildman–Crippen LogP) is 4.35. The Morgan fingerprint density at radius 1 is 0.926 bits per heavy atom. The van der Waals surface area contributed by atoms with Gasteiger partial charge in [-0.15, -0.1) is 0 Å². The molecule has 0 aliphatic rings. The van der Waals surface area contributed by atoms with Crippen molar-refractivity contribution >= 4 is 31.7 Å². The molecular formula is C20H17BrFNO3S. The Labute approximate surface area is 166 Å². The average molecular weight is 450 g/mol. The molecule has 0 fully saturated rings. The Hall–Kier alpha value is -2.35. The van der Waals surface area contributed by atoms with Crippen molar-refractivity contribution in [3.8, 4) is 0 Å². The number of benzene rings is 3. The number of hydrogen-bond acceptors (Lipinski definition) is 3. The fraction of sp³-hybridized carbons (Fsp3) is 0.0500. The molecule has 0 aliphatic heterocycles. The molecule has 140 valence electrons. The lowest BCUT2D eigenvalue weighted by atomic mass is 10.0. The van der Waals surface area contributed by atoms with E-state index in [0.29, 0.717) is 11.1 Å². The van der Waals surface area contributed by atoms with Gasteiger partial charge in [0.25, 0.3) is 0 Å². The Bertz CT molecular complexity index is 1010. The molecule has 3 aromatic carbocycles. The van der Waals surface area contributed by atoms with Crippen LogP contribution in [0.25, 0.3) is 0 Å². The number of nitrogens with two attached hydrogens (primary N) is 1. The van der Waals surface area contributed by atoms with Crippen LogP contribution < -0.4 is 5.14 Å². The molecule has 0 saturated heterocycles. The molecular weight excluding hydrogens is 433 g/mol. The van der Waals surface area contributed by atoms with Crippen molar-refractivity contribution in [2.45, 2.75) is 11.3 Å². The third-order valence-electron chi connectivity index (χ3n) is 3.49. The van der Waals surface area contributed by atoms with Crippen molar-refractivity contribution < 1.29 is 17.6 Å². The molecule has 0 unspecified atom stereocenters. The van der Waals surface area contributed by atoms with Crippen molar-refractivity contribution in [1.29, 1.82) is 0 Å². The zero-order chi connectivity index (χ0) is 19.9. The van der Waals surface area contributed by atoms with Crippen molar-refractivity contribution in [2.24, 2.45) is 5.14 Å². The predicted molar refractivity (Wildman–Crippen MR) is 106 cm³/mol. The van der Waals surface area contributed by atoms with E-state index >= 15 is 0 Å². The van der Waals surface area contributed by atoms with Gasteiger partial charge >= 0.3 is 0 Å². The van der Waals surface area contributed by atoms with Gasteiger partial charge in [-0.2, -0.15) is 0 Å². The van der Waals surface area contributed by atoms with Crippen LogP contribution in [0.15, 0.2) is 88.2 Å². The second-order valence-electron chi connectivity index (χ2n) is 5.59. The summed E-state index contributed by atoms with van der Waals surface area (Å²) in [6.07, 6.45) is 0.222. The van der Waals surface area contributed by atoms with Crippen LogP contribution in [-0.4, -0.2) is 14.2 Å². The van der Waals surface area contributed by atoms with E-state index in [1.807, 2.05) is 12.1 Å². The molecule has 4 nitrogen and oxygen atoms in total. The van der Waals surface area contributed by atoms with Gasteiger partial charge in [0.1, 0.15) is 5.82 Å². The van der Waals surface area contributed by atoms with Crippen LogP contribution in [0, 0.1) is 5.82 Å². The second kappa shape index (κ2) is 9.55. The smallest absolute Gasteiger partial charge is 0.238 e. The zero-order valence-corrected chi connectivity index (χ0v) is 16.6. The van der Waals surface area contributed by atoms with Crippen molar-refractivity contribution in [3.63, 3.8) is 0 Å². The fourth-order valence-electron chi connectivity index (χ4n) is 2.18. The zero-order valence-electron chi connectivity index (χ0n) is 14.2. The maximum atomic E-state index is 13.0. The maximum Gasteiger partial charge on any atom is 0.238 e. The summed E-state index contributed by atoms with van der Waals surface area (Å²) in [5.41, 5.74) is 1.33. The maximum absolute atomic E-state index is 13.0. The van der Waals surface area contributed by atoms with Crippen LogP contribution in [-0.2, 0) is 16.4 Å². The lowest BCUT2D eigenvalue weighted by molar-refractivity contribution is 0.0993. The molecule has 3 rings (SSSR count). The van der Waals surface area contributed by atoms with E-state index in [1.165, 1.54) is 24.3 Å². The molecule has 2 N–H and O–H groups in total. The van der Waals surface area contributed by atoms with E-state index in [9.17, 15) is 17.6 Å². The van der Waals surface area contributed by atoms with Gasteiger partial charge in [0.15, 0.2) is 5.78 Å². The molecule has 0 amide bonds. The SMILES string of the molecule is NS(=O)(=O)c1ccccc1.O=C(Cc1cccc(F)c1)c1ccc(Br)cc1. The van der Waals surface area contributed by atoms with Gasteiger partial charge < -0.3 is 0 Å². The number of Topliss-reactive ketones (excluding diaryl/α,β-unsaturated/α-hetero) is 1. The van der Waals surface area contributed by atoms with Gasteiger partial charge in [0.05, 0.1) is 4.90 Å². The third-order valence-corrected chi connectivity index (χ3v) is 4.95. The molecule has 0 aliphatic carbocycles. The van der Waals surface area contributed by atoms with Crippen molar-refractivity contribution in [3.05, 3.63) is 100 Å². The van der Waals surface area contributed by atoms with Crippen molar-refractivity contribution in [2.75, 3.05) is 0 Å². The molecule has 0 aromatic heterocycles. The summed E-state index contributed by atoms with van der Waals surface area (Å²) in [7, 11) is -3.50. The van der Waals surface area contributed by atoms with Crippen LogP contribution in [0.1, 0.15) is 15.9 Å². The minimum absolute atomic E-state index is 0.0110. The Morgan fingerprint density at radius 3 is 2.07 bits per heavy atom. The monoisotopic (exact) mass is 449 g/mol. The number of hydrogen-bond donors (Lipinski definition) is 1. The van der Waals surface area contributed by atoms with Gasteiger partial charge in [-0.3, -0.25) is 4.79 Å². The first kappa shape index (κ1) is 21.0. The van der Waals surface area contributed by atoms with Crippen LogP contribution in [0.4, 0.5) is 4.39 Å². The van der Waals surface area contributed by atoms with Crippen LogP contribution in [0.3, 0.4) is 0 Å². The first-order chi connectivity index (χ1) is 12.8. The molecule has 7 heteroatoms. The third kappa shape index (κ3) is 7.05. The van der Waals surface area contributed by atoms with E-state index in [4.69, 9.17) is 5.14 Å². The number of carbonyl (C=O) groups excluding carboxylic acids is 1. The van der Waals surface area contributed by atoms with Gasteiger partial charge in [0, 0.05) is 16.5 Å². The first-order valence-corrected chi connectivity index (χ1v) is 10.2. The molecule has 0 saturated carbocycles. The summed E-state index contributed by atoms with van der Waals surface area (Å²) in [6, 6.07) is 21.2. The number of carbonyl (C=O) groups is 1. The highest BCUT2D eigenvalue weighted by molar-refractivity contribution is 9.10. The summed E-state index contributed by atoms with van der Waals surface area (Å²) in [6.45, 7) is 0. The summed E-state index contributed by atoms with van der Waals surface area (Å²) < 4.78 is 35.1.